The van der Waals surface area contributed by atoms with Crippen LogP contribution in [0.3, 0.4) is 0 Å². The highest BCUT2D eigenvalue weighted by Gasteiger charge is 1.96. The Morgan fingerprint density at radius 2 is 2.17 bits per heavy atom. The molecule has 1 nitrogen and oxygen atoms in total. The van der Waals surface area contributed by atoms with Gasteiger partial charge in [0.25, 0.3) is 0 Å². The maximum atomic E-state index is 9.66. The molecule has 0 amide bonds. The summed E-state index contributed by atoms with van der Waals surface area (Å²) >= 11 is 0. The van der Waals surface area contributed by atoms with Crippen molar-refractivity contribution in [2.75, 3.05) is 0 Å². The van der Waals surface area contributed by atoms with Gasteiger partial charge < -0.3 is 4.55 Å². The highest BCUT2D eigenvalue weighted by molar-refractivity contribution is 8.07. The molecule has 0 spiro atoms. The fraction of sp³-hybridized carbons (Fsp3) is 0.100. The van der Waals surface area contributed by atoms with Crippen LogP contribution < -0.4 is 5.22 Å². The lowest BCUT2D eigenvalue weighted by molar-refractivity contribution is 0.665. The lowest BCUT2D eigenvalue weighted by atomic mass is 10.2. The Labute approximate surface area is 73.8 Å². The van der Waals surface area contributed by atoms with E-state index >= 15 is 0 Å². The van der Waals surface area contributed by atoms with Crippen LogP contribution in [0.4, 0.5) is 0 Å². The number of aryl methyl sites for hydroxylation is 1. The summed E-state index contributed by atoms with van der Waals surface area (Å²) in [5.74, 6) is 0. The van der Waals surface area contributed by atoms with Gasteiger partial charge in [-0.15, -0.1) is 0 Å². The molecule has 0 aromatic heterocycles. The van der Waals surface area contributed by atoms with Crippen molar-refractivity contribution in [3.8, 4) is 0 Å². The van der Waals surface area contributed by atoms with E-state index in [0.717, 1.165) is 9.73 Å². The Morgan fingerprint density at radius 3 is 2.92 bits per heavy atom. The first-order chi connectivity index (χ1) is 5.79. The van der Waals surface area contributed by atoms with Crippen molar-refractivity contribution >= 4 is 16.8 Å². The van der Waals surface area contributed by atoms with Crippen molar-refractivity contribution in [3.05, 3.63) is 45.0 Å². The standard InChI is InChI=1S/C10H10OS/c1-8-4-2-5-9-6-3-7-12(11)10(8)9/h2-7,11H,1H3. The van der Waals surface area contributed by atoms with Gasteiger partial charge in [0.05, 0.1) is 0 Å². The number of rotatable bonds is 0. The molecular weight excluding hydrogens is 168 g/mol. The van der Waals surface area contributed by atoms with E-state index < -0.39 is 10.8 Å². The quantitative estimate of drug-likeness (QED) is 0.604. The van der Waals surface area contributed by atoms with E-state index in [0.29, 0.717) is 0 Å². The zero-order valence-corrected chi connectivity index (χ0v) is 7.64. The molecule has 0 saturated carbocycles. The van der Waals surface area contributed by atoms with Gasteiger partial charge in [-0.1, -0.05) is 30.4 Å². The molecule has 1 aromatic rings. The van der Waals surface area contributed by atoms with Gasteiger partial charge in [-0.05, 0) is 33.9 Å². The number of benzene rings is 1. The molecule has 2 rings (SSSR count). The second-order valence-corrected chi connectivity index (χ2v) is 4.11. The molecule has 0 aliphatic carbocycles. The van der Waals surface area contributed by atoms with Crippen molar-refractivity contribution < 1.29 is 4.55 Å². The minimum absolute atomic E-state index is 0.689. The van der Waals surface area contributed by atoms with Crippen LogP contribution in [0.15, 0.2) is 29.7 Å². The first-order valence-electron chi connectivity index (χ1n) is 3.82. The van der Waals surface area contributed by atoms with Gasteiger partial charge >= 0.3 is 0 Å². The van der Waals surface area contributed by atoms with E-state index in [9.17, 15) is 4.55 Å². The third kappa shape index (κ3) is 1.13. The number of hydrogen-bond acceptors (Lipinski definition) is 1. The largest absolute Gasteiger partial charge is 0.333 e. The van der Waals surface area contributed by atoms with E-state index in [1.54, 1.807) is 0 Å². The first-order valence-corrected chi connectivity index (χ1v) is 5.07. The van der Waals surface area contributed by atoms with Gasteiger partial charge in [0.15, 0.2) is 0 Å². The van der Waals surface area contributed by atoms with Crippen LogP contribution in [0.25, 0.3) is 6.08 Å². The van der Waals surface area contributed by atoms with Crippen molar-refractivity contribution in [1.29, 1.82) is 0 Å². The van der Waals surface area contributed by atoms with Gasteiger partial charge in [-0.25, -0.2) is 0 Å². The molecule has 1 N–H and O–H groups in total. The maximum absolute atomic E-state index is 9.66. The van der Waals surface area contributed by atoms with Gasteiger partial charge in [0.2, 0.25) is 0 Å². The molecule has 1 aliphatic heterocycles. The van der Waals surface area contributed by atoms with Gasteiger partial charge in [0.1, 0.15) is 0 Å². The summed E-state index contributed by atoms with van der Waals surface area (Å²) in [7, 11) is -0.689. The SMILES string of the molecule is Cc1cccc2c1=S(O)C=CC=2. The van der Waals surface area contributed by atoms with E-state index in [4.69, 9.17) is 0 Å². The van der Waals surface area contributed by atoms with E-state index in [1.165, 1.54) is 5.56 Å². The van der Waals surface area contributed by atoms with Crippen molar-refractivity contribution in [3.63, 3.8) is 0 Å². The van der Waals surface area contributed by atoms with E-state index in [2.05, 4.69) is 0 Å². The highest BCUT2D eigenvalue weighted by atomic mass is 32.2. The normalized spacial score (nSPS) is 20.0. The predicted molar refractivity (Wildman–Crippen MR) is 53.5 cm³/mol. The zero-order valence-electron chi connectivity index (χ0n) is 6.82. The van der Waals surface area contributed by atoms with Crippen LogP contribution in [-0.2, 0) is 0 Å². The van der Waals surface area contributed by atoms with Crippen molar-refractivity contribution in [1.82, 2.24) is 0 Å². The summed E-state index contributed by atoms with van der Waals surface area (Å²) in [6, 6.07) is 6.07. The van der Waals surface area contributed by atoms with Gasteiger partial charge in [-0.2, -0.15) is 0 Å². The molecule has 1 aromatic carbocycles. The second-order valence-electron chi connectivity index (χ2n) is 2.80. The van der Waals surface area contributed by atoms with Crippen LogP contribution in [0.2, 0.25) is 0 Å². The Kier molecular flexibility index (Phi) is 1.87. The Hall–Kier alpha value is -0.860. The van der Waals surface area contributed by atoms with Gasteiger partial charge in [-0.3, -0.25) is 0 Å². The van der Waals surface area contributed by atoms with Crippen LogP contribution in [0.5, 0.6) is 0 Å². The molecule has 62 valence electrons. The minimum Gasteiger partial charge on any atom is -0.333 e. The fourth-order valence-electron chi connectivity index (χ4n) is 1.38. The Bertz CT molecular complexity index is 457. The molecular formula is C10H10OS. The molecule has 0 fully saturated rings. The van der Waals surface area contributed by atoms with E-state index in [-0.39, 0.29) is 0 Å². The topological polar surface area (TPSA) is 20.2 Å². The summed E-state index contributed by atoms with van der Waals surface area (Å²) in [5, 5.41) is 2.97. The molecule has 0 saturated heterocycles. The second kappa shape index (κ2) is 2.88. The minimum atomic E-state index is -0.689. The third-order valence-electron chi connectivity index (χ3n) is 1.93. The zero-order chi connectivity index (χ0) is 8.55. The smallest absolute Gasteiger partial charge is 0.0372 e. The lowest BCUT2D eigenvalue weighted by Gasteiger charge is -2.02. The van der Waals surface area contributed by atoms with Crippen molar-refractivity contribution in [2.45, 2.75) is 6.92 Å². The number of hydrogen-bond donors (Lipinski definition) is 1. The number of fused-ring (bicyclic) bond motifs is 1. The molecule has 1 aliphatic rings. The molecule has 12 heavy (non-hydrogen) atoms. The van der Waals surface area contributed by atoms with Crippen LogP contribution in [0, 0.1) is 11.4 Å². The predicted octanol–water partition coefficient (Wildman–Crippen LogP) is 2.30. The Morgan fingerprint density at radius 1 is 1.33 bits per heavy atom. The molecule has 2 heteroatoms. The number of allylic oxidation sites excluding steroid dienone is 1. The molecule has 0 radical (unpaired) electrons. The summed E-state index contributed by atoms with van der Waals surface area (Å²) in [4.78, 5) is 0. The molecule has 0 bridgehead atoms. The summed E-state index contributed by atoms with van der Waals surface area (Å²) in [5.41, 5.74) is 1.17. The summed E-state index contributed by atoms with van der Waals surface area (Å²) in [6.07, 6.45) is 3.94. The Balaban J connectivity index is 3.02. The maximum Gasteiger partial charge on any atom is 0.0372 e. The third-order valence-corrected chi connectivity index (χ3v) is 3.33. The average molecular weight is 178 g/mol. The lowest BCUT2D eigenvalue weighted by Crippen LogP contribution is -2.04. The summed E-state index contributed by atoms with van der Waals surface area (Å²) < 4.78 is 10.7. The molecule has 1 unspecified atom stereocenters. The van der Waals surface area contributed by atoms with Gasteiger partial charge in [0, 0.05) is 4.51 Å². The molecule has 1 atom stereocenters. The van der Waals surface area contributed by atoms with Crippen LogP contribution in [-0.4, -0.2) is 4.55 Å². The molecule has 1 heterocycles. The summed E-state index contributed by atoms with van der Waals surface area (Å²) in [6.45, 7) is 2.03. The van der Waals surface area contributed by atoms with Crippen molar-refractivity contribution in [2.24, 2.45) is 0 Å². The monoisotopic (exact) mass is 178 g/mol. The highest BCUT2D eigenvalue weighted by Crippen LogP contribution is 2.17. The fourth-order valence-corrected chi connectivity index (χ4v) is 2.52. The average Bonchev–Trinajstić information content (AvgIpc) is 2.04. The van der Waals surface area contributed by atoms with Crippen LogP contribution in [0.1, 0.15) is 5.56 Å². The first kappa shape index (κ1) is 7.77. The van der Waals surface area contributed by atoms with E-state index in [1.807, 2.05) is 42.7 Å². The van der Waals surface area contributed by atoms with Crippen LogP contribution >= 0.6 is 10.8 Å².